The maximum Gasteiger partial charge on any atom is 0.265 e. The number of nitrogens with one attached hydrogen (secondary N) is 1. The van der Waals surface area contributed by atoms with Gasteiger partial charge in [0.2, 0.25) is 0 Å². The van der Waals surface area contributed by atoms with Gasteiger partial charge in [0.05, 0.1) is 14.2 Å². The van der Waals surface area contributed by atoms with Crippen LogP contribution in [0.25, 0.3) is 16.8 Å². The Kier molecular flexibility index (Phi) is 5.23. The number of ether oxygens (including phenoxy) is 2. The Morgan fingerprint density at radius 1 is 1.19 bits per heavy atom. The van der Waals surface area contributed by atoms with Gasteiger partial charge in [0.15, 0.2) is 5.11 Å². The smallest absolute Gasteiger partial charge is 0.265 e. The molecule has 0 radical (unpaired) electrons. The van der Waals surface area contributed by atoms with Crippen LogP contribution in [-0.4, -0.2) is 42.6 Å². The molecule has 0 saturated carbocycles. The van der Waals surface area contributed by atoms with E-state index < -0.39 is 11.8 Å². The van der Waals surface area contributed by atoms with Crippen molar-refractivity contribution in [2.24, 2.45) is 0 Å². The summed E-state index contributed by atoms with van der Waals surface area (Å²) in [5, 5.41) is 4.35. The van der Waals surface area contributed by atoms with Gasteiger partial charge >= 0.3 is 0 Å². The number of fused-ring (bicyclic) bond motifs is 1. The molecule has 6 nitrogen and oxygen atoms in total. The molecule has 1 aliphatic heterocycles. The van der Waals surface area contributed by atoms with E-state index in [1.54, 1.807) is 13.2 Å². The van der Waals surface area contributed by atoms with Gasteiger partial charge < -0.3 is 9.47 Å². The summed E-state index contributed by atoms with van der Waals surface area (Å²) in [4.78, 5) is 26.4. The number of hydrogen-bond acceptors (Lipinski definition) is 5. The lowest BCUT2D eigenvalue weighted by Crippen LogP contribution is -2.53. The molecular weight excluding hydrogens is 364 g/mol. The lowest BCUT2D eigenvalue weighted by atomic mass is 10.0. The molecule has 2 aromatic rings. The highest BCUT2D eigenvalue weighted by Gasteiger charge is 2.32. The van der Waals surface area contributed by atoms with Gasteiger partial charge in [0.1, 0.15) is 17.1 Å². The second kappa shape index (κ2) is 7.59. The number of hydrogen-bond donors (Lipinski definition) is 1. The molecule has 0 aromatic heterocycles. The number of amides is 2. The van der Waals surface area contributed by atoms with Gasteiger partial charge in [0.25, 0.3) is 11.8 Å². The van der Waals surface area contributed by atoms with E-state index in [2.05, 4.69) is 11.9 Å². The van der Waals surface area contributed by atoms with E-state index >= 15 is 0 Å². The van der Waals surface area contributed by atoms with Crippen LogP contribution in [0.1, 0.15) is 5.56 Å². The summed E-state index contributed by atoms with van der Waals surface area (Å²) in [6.45, 7) is 3.82. The van der Waals surface area contributed by atoms with Crippen molar-refractivity contribution < 1.29 is 19.1 Å². The van der Waals surface area contributed by atoms with Crippen molar-refractivity contribution in [3.05, 3.63) is 54.1 Å². The molecule has 0 aliphatic carbocycles. The van der Waals surface area contributed by atoms with Crippen LogP contribution in [0.5, 0.6) is 11.5 Å². The summed E-state index contributed by atoms with van der Waals surface area (Å²) in [5.41, 5.74) is 0.553. The molecule has 2 aromatic carbocycles. The van der Waals surface area contributed by atoms with E-state index in [-0.39, 0.29) is 17.2 Å². The molecule has 1 fully saturated rings. The zero-order chi connectivity index (χ0) is 19.6. The van der Waals surface area contributed by atoms with E-state index in [1.807, 2.05) is 30.3 Å². The van der Waals surface area contributed by atoms with Gasteiger partial charge in [-0.2, -0.15) is 0 Å². The van der Waals surface area contributed by atoms with E-state index in [0.29, 0.717) is 17.1 Å². The molecule has 0 atom stereocenters. The molecule has 3 rings (SSSR count). The van der Waals surface area contributed by atoms with Crippen LogP contribution in [0.3, 0.4) is 0 Å². The summed E-state index contributed by atoms with van der Waals surface area (Å²) in [6.07, 6.45) is 3.04. The van der Waals surface area contributed by atoms with Gasteiger partial charge in [-0.1, -0.05) is 18.2 Å². The Morgan fingerprint density at radius 2 is 1.93 bits per heavy atom. The zero-order valence-corrected chi connectivity index (χ0v) is 15.8. The number of benzene rings is 2. The maximum atomic E-state index is 12.7. The summed E-state index contributed by atoms with van der Waals surface area (Å²) in [7, 11) is 3.12. The Balaban J connectivity index is 2.15. The van der Waals surface area contributed by atoms with Crippen molar-refractivity contribution in [1.82, 2.24) is 10.2 Å². The minimum absolute atomic E-state index is 0.0296. The van der Waals surface area contributed by atoms with Crippen LogP contribution in [-0.2, 0) is 9.59 Å². The third kappa shape index (κ3) is 3.41. The highest BCUT2D eigenvalue weighted by Crippen LogP contribution is 2.33. The van der Waals surface area contributed by atoms with Crippen molar-refractivity contribution >= 4 is 46.0 Å². The summed E-state index contributed by atoms with van der Waals surface area (Å²) in [6, 6.07) is 9.31. The fourth-order valence-corrected chi connectivity index (χ4v) is 3.15. The highest BCUT2D eigenvalue weighted by molar-refractivity contribution is 7.80. The second-order valence-electron chi connectivity index (χ2n) is 5.80. The first kappa shape index (κ1) is 18.6. The summed E-state index contributed by atoms with van der Waals surface area (Å²) >= 11 is 5.07. The van der Waals surface area contributed by atoms with Gasteiger partial charge in [-0.05, 0) is 41.9 Å². The van der Waals surface area contributed by atoms with Crippen molar-refractivity contribution in [3.8, 4) is 11.5 Å². The van der Waals surface area contributed by atoms with Gasteiger partial charge in [-0.15, -0.1) is 6.58 Å². The molecule has 1 N–H and O–H groups in total. The molecule has 0 bridgehead atoms. The Bertz CT molecular complexity index is 997. The van der Waals surface area contributed by atoms with Crippen LogP contribution >= 0.6 is 12.2 Å². The van der Waals surface area contributed by atoms with E-state index in [1.165, 1.54) is 18.1 Å². The van der Waals surface area contributed by atoms with Gasteiger partial charge in [-0.3, -0.25) is 19.8 Å². The van der Waals surface area contributed by atoms with Crippen LogP contribution in [0.15, 0.2) is 48.6 Å². The minimum atomic E-state index is -0.549. The molecule has 1 heterocycles. The Labute approximate surface area is 162 Å². The summed E-state index contributed by atoms with van der Waals surface area (Å²) in [5.74, 6) is 0.189. The van der Waals surface area contributed by atoms with Crippen LogP contribution in [0.4, 0.5) is 0 Å². The molecule has 0 spiro atoms. The van der Waals surface area contributed by atoms with E-state index in [4.69, 9.17) is 21.7 Å². The van der Waals surface area contributed by atoms with Crippen LogP contribution < -0.4 is 14.8 Å². The average molecular weight is 382 g/mol. The minimum Gasteiger partial charge on any atom is -0.496 e. The average Bonchev–Trinajstić information content (AvgIpc) is 2.67. The lowest BCUT2D eigenvalue weighted by Gasteiger charge is -2.27. The lowest BCUT2D eigenvalue weighted by molar-refractivity contribution is -0.128. The number of rotatable bonds is 5. The Hall–Kier alpha value is -3.19. The van der Waals surface area contributed by atoms with Gasteiger partial charge in [0, 0.05) is 17.5 Å². The normalized spacial score (nSPS) is 15.9. The predicted molar refractivity (Wildman–Crippen MR) is 108 cm³/mol. The van der Waals surface area contributed by atoms with Crippen molar-refractivity contribution in [1.29, 1.82) is 0 Å². The van der Waals surface area contributed by atoms with E-state index in [0.717, 1.165) is 10.8 Å². The molecule has 27 heavy (non-hydrogen) atoms. The highest BCUT2D eigenvalue weighted by atomic mass is 32.1. The molecule has 0 unspecified atom stereocenters. The first-order valence-corrected chi connectivity index (χ1v) is 8.55. The molecule has 138 valence electrons. The van der Waals surface area contributed by atoms with Crippen LogP contribution in [0.2, 0.25) is 0 Å². The number of thiocarbonyl (C=S) groups is 1. The molecule has 1 aliphatic rings. The number of carbonyl (C=O) groups is 2. The third-order valence-corrected chi connectivity index (χ3v) is 4.53. The monoisotopic (exact) mass is 382 g/mol. The first-order valence-electron chi connectivity index (χ1n) is 8.14. The van der Waals surface area contributed by atoms with Crippen molar-refractivity contribution in [3.63, 3.8) is 0 Å². The number of carbonyl (C=O) groups excluding carboxylic acids is 2. The molecule has 2 amide bonds. The number of methoxy groups -OCH3 is 2. The summed E-state index contributed by atoms with van der Waals surface area (Å²) < 4.78 is 10.9. The molecular formula is C20H18N2O4S. The largest absolute Gasteiger partial charge is 0.496 e. The third-order valence-electron chi connectivity index (χ3n) is 4.21. The van der Waals surface area contributed by atoms with Gasteiger partial charge in [-0.25, -0.2) is 0 Å². The maximum absolute atomic E-state index is 12.7. The fourth-order valence-electron chi connectivity index (χ4n) is 2.90. The molecule has 1 saturated heterocycles. The second-order valence-corrected chi connectivity index (χ2v) is 6.18. The predicted octanol–water partition coefficient (Wildman–Crippen LogP) is 2.67. The topological polar surface area (TPSA) is 67.9 Å². The standard InChI is InChI=1S/C20H18N2O4S/c1-4-8-22-19(24)15(18(23)21-20(22)27)10-13-9-14-12(11-17(13)26-3)6-5-7-16(14)25-2/h4-7,9-11H,1,8H2,2-3H3,(H,21,23,27). The van der Waals surface area contributed by atoms with E-state index in [9.17, 15) is 9.59 Å². The number of nitrogens with zero attached hydrogens (tertiary/aromatic N) is 1. The fraction of sp³-hybridized carbons (Fsp3) is 0.150. The quantitative estimate of drug-likeness (QED) is 0.373. The first-order chi connectivity index (χ1) is 13.0. The van der Waals surface area contributed by atoms with Crippen molar-refractivity contribution in [2.75, 3.05) is 20.8 Å². The SMILES string of the molecule is C=CCN1C(=O)C(=Cc2cc3c(OC)cccc3cc2OC)C(=O)NC1=S. The van der Waals surface area contributed by atoms with Crippen molar-refractivity contribution in [2.45, 2.75) is 0 Å². The zero-order valence-electron chi connectivity index (χ0n) is 14.9. The van der Waals surface area contributed by atoms with Crippen LogP contribution in [0, 0.1) is 0 Å². The Morgan fingerprint density at radius 3 is 2.59 bits per heavy atom. The molecule has 7 heteroatoms.